The van der Waals surface area contributed by atoms with Crippen LogP contribution in [0.5, 0.6) is 5.75 Å². The van der Waals surface area contributed by atoms with Crippen LogP contribution in [0, 0.1) is 0 Å². The van der Waals surface area contributed by atoms with E-state index in [2.05, 4.69) is 15.0 Å². The molecule has 33 heavy (non-hydrogen) atoms. The second kappa shape index (κ2) is 9.74. The molecule has 0 aliphatic carbocycles. The number of nitrogen functional groups attached to an aromatic ring is 2. The third-order valence-electron chi connectivity index (χ3n) is 4.91. The van der Waals surface area contributed by atoms with E-state index in [9.17, 15) is 9.36 Å². The Balaban J connectivity index is 1.40. The first-order valence-corrected chi connectivity index (χ1v) is 12.2. The Hall–Kier alpha value is -3.21. The second-order valence-electron chi connectivity index (χ2n) is 7.44. The summed E-state index contributed by atoms with van der Waals surface area (Å²) in [5.74, 6) is -0.212. The molecule has 3 aromatic rings. The van der Waals surface area contributed by atoms with Crippen LogP contribution >= 0.6 is 7.60 Å². The average Bonchev–Trinajstić information content (AvgIpc) is 3.18. The molecule has 3 heterocycles. The summed E-state index contributed by atoms with van der Waals surface area (Å²) in [6.45, 7) is 2.61. The van der Waals surface area contributed by atoms with Crippen molar-refractivity contribution in [3.05, 3.63) is 36.2 Å². The van der Waals surface area contributed by atoms with Gasteiger partial charge in [-0.25, -0.2) is 14.3 Å². The van der Waals surface area contributed by atoms with Crippen molar-refractivity contribution in [2.24, 2.45) is 0 Å². The highest BCUT2D eigenvalue weighted by Gasteiger charge is 2.36. The smallest absolute Gasteiger partial charge is 0.404 e. The Labute approximate surface area is 189 Å². The fraction of sp³-hybridized carbons (Fsp3) is 0.400. The molecule has 2 aromatic heterocycles. The molecule has 2 atom stereocenters. The fourth-order valence-electron chi connectivity index (χ4n) is 3.23. The van der Waals surface area contributed by atoms with Crippen LogP contribution in [-0.4, -0.2) is 51.2 Å². The van der Waals surface area contributed by atoms with E-state index in [0.29, 0.717) is 24.3 Å². The van der Waals surface area contributed by atoms with Crippen molar-refractivity contribution < 1.29 is 27.9 Å². The zero-order chi connectivity index (χ0) is 23.4. The molecule has 1 unspecified atom stereocenters. The maximum atomic E-state index is 13.1. The molecule has 13 heteroatoms. The van der Waals surface area contributed by atoms with Crippen LogP contribution in [0.25, 0.3) is 11.2 Å². The Morgan fingerprint density at radius 2 is 2.12 bits per heavy atom. The molecular weight excluding hydrogens is 451 g/mol. The lowest BCUT2D eigenvalue weighted by molar-refractivity contribution is -0.00599. The zero-order valence-corrected chi connectivity index (χ0v) is 18.9. The van der Waals surface area contributed by atoms with Crippen LogP contribution in [0.3, 0.4) is 0 Å². The third kappa shape index (κ3) is 5.24. The van der Waals surface area contributed by atoms with Gasteiger partial charge in [0, 0.05) is 0 Å². The predicted octanol–water partition coefficient (Wildman–Crippen LogP) is 2.59. The number of hydrogen-bond acceptors (Lipinski definition) is 11. The standard InChI is InChI=1S/C20H25N6O6P/c1-2-3-8-29-19(27)14-6-4-5-7-15(14)32-33(28)12-30-13(10-31-33)9-26-11-23-16-17(21)24-20(22)25-18(16)26/h4-7,11,13H,2-3,8-10,12H2,1H3,(H4,21,22,24,25)/t13-,33?/m0/s1. The molecule has 1 aliphatic heterocycles. The van der Waals surface area contributed by atoms with Gasteiger partial charge in [0.1, 0.15) is 22.9 Å². The number of para-hydroxylation sites is 1. The fourth-order valence-corrected chi connectivity index (χ4v) is 4.65. The summed E-state index contributed by atoms with van der Waals surface area (Å²) in [6.07, 6.45) is 2.46. The molecule has 1 saturated heterocycles. The predicted molar refractivity (Wildman–Crippen MR) is 120 cm³/mol. The molecule has 1 fully saturated rings. The molecule has 0 amide bonds. The van der Waals surface area contributed by atoms with Gasteiger partial charge in [0.15, 0.2) is 17.8 Å². The summed E-state index contributed by atoms with van der Waals surface area (Å²) >= 11 is 0. The van der Waals surface area contributed by atoms with Crippen LogP contribution in [0.2, 0.25) is 0 Å². The molecule has 12 nitrogen and oxygen atoms in total. The van der Waals surface area contributed by atoms with Crippen molar-refractivity contribution in [2.75, 3.05) is 31.0 Å². The number of imidazole rings is 1. The molecule has 1 aromatic carbocycles. The van der Waals surface area contributed by atoms with Crippen molar-refractivity contribution in [2.45, 2.75) is 32.4 Å². The first-order chi connectivity index (χ1) is 15.9. The maximum Gasteiger partial charge on any atom is 0.404 e. The molecule has 0 bridgehead atoms. The van der Waals surface area contributed by atoms with Gasteiger partial charge < -0.3 is 30.0 Å². The van der Waals surface area contributed by atoms with Crippen LogP contribution in [0.4, 0.5) is 11.8 Å². The highest BCUT2D eigenvalue weighted by atomic mass is 31.2. The lowest BCUT2D eigenvalue weighted by Crippen LogP contribution is -2.31. The third-order valence-corrected chi connectivity index (χ3v) is 6.39. The number of anilines is 2. The van der Waals surface area contributed by atoms with E-state index in [1.54, 1.807) is 29.1 Å². The number of ether oxygens (including phenoxy) is 2. The quantitative estimate of drug-likeness (QED) is 0.279. The molecular formula is C20H25N6O6P. The summed E-state index contributed by atoms with van der Waals surface area (Å²) in [5, 5.41) is 0. The van der Waals surface area contributed by atoms with E-state index in [-0.39, 0.29) is 36.0 Å². The monoisotopic (exact) mass is 476 g/mol. The highest BCUT2D eigenvalue weighted by Crippen LogP contribution is 2.51. The Morgan fingerprint density at radius 3 is 2.88 bits per heavy atom. The number of benzene rings is 1. The largest absolute Gasteiger partial charge is 0.462 e. The summed E-state index contributed by atoms with van der Waals surface area (Å²) in [5.41, 5.74) is 12.6. The minimum absolute atomic E-state index is 0.00386. The minimum Gasteiger partial charge on any atom is -0.462 e. The first-order valence-electron chi connectivity index (χ1n) is 10.4. The van der Waals surface area contributed by atoms with Crippen molar-refractivity contribution >= 4 is 36.5 Å². The topological polar surface area (TPSA) is 167 Å². The number of carbonyl (C=O) groups excluding carboxylic acids is 1. The summed E-state index contributed by atoms with van der Waals surface area (Å²) in [6, 6.07) is 6.43. The normalized spacial score (nSPS) is 20.6. The van der Waals surface area contributed by atoms with Gasteiger partial charge in [-0.1, -0.05) is 25.5 Å². The van der Waals surface area contributed by atoms with E-state index in [1.165, 1.54) is 6.07 Å². The number of carbonyl (C=O) groups is 1. The van der Waals surface area contributed by atoms with Crippen molar-refractivity contribution in [3.63, 3.8) is 0 Å². The van der Waals surface area contributed by atoms with E-state index in [0.717, 1.165) is 12.8 Å². The Kier molecular flexibility index (Phi) is 6.77. The van der Waals surface area contributed by atoms with Gasteiger partial charge >= 0.3 is 13.6 Å². The summed E-state index contributed by atoms with van der Waals surface area (Å²) in [7, 11) is -3.65. The highest BCUT2D eigenvalue weighted by molar-refractivity contribution is 7.54. The summed E-state index contributed by atoms with van der Waals surface area (Å²) < 4.78 is 37.0. The van der Waals surface area contributed by atoms with Crippen LogP contribution < -0.4 is 16.0 Å². The molecule has 1 aliphatic rings. The number of nitrogens with zero attached hydrogens (tertiary/aromatic N) is 4. The van der Waals surface area contributed by atoms with Gasteiger partial charge in [-0.2, -0.15) is 9.97 Å². The van der Waals surface area contributed by atoms with E-state index >= 15 is 0 Å². The van der Waals surface area contributed by atoms with Crippen LogP contribution in [0.1, 0.15) is 30.1 Å². The van der Waals surface area contributed by atoms with Gasteiger partial charge in [-0.05, 0) is 18.6 Å². The summed E-state index contributed by atoms with van der Waals surface area (Å²) in [4.78, 5) is 24.6. The van der Waals surface area contributed by atoms with Gasteiger partial charge in [0.25, 0.3) is 0 Å². The number of rotatable bonds is 8. The van der Waals surface area contributed by atoms with Crippen molar-refractivity contribution in [3.8, 4) is 5.75 Å². The second-order valence-corrected chi connectivity index (χ2v) is 9.36. The molecule has 4 N–H and O–H groups in total. The van der Waals surface area contributed by atoms with Crippen LogP contribution in [0.15, 0.2) is 30.6 Å². The lowest BCUT2D eigenvalue weighted by Gasteiger charge is -2.29. The van der Waals surface area contributed by atoms with Gasteiger partial charge in [-0.3, -0.25) is 4.52 Å². The number of fused-ring (bicyclic) bond motifs is 1. The van der Waals surface area contributed by atoms with Gasteiger partial charge in [-0.15, -0.1) is 0 Å². The van der Waals surface area contributed by atoms with E-state index in [1.807, 2.05) is 6.92 Å². The molecule has 176 valence electrons. The Morgan fingerprint density at radius 1 is 1.30 bits per heavy atom. The van der Waals surface area contributed by atoms with Crippen molar-refractivity contribution in [1.29, 1.82) is 0 Å². The van der Waals surface area contributed by atoms with E-state index < -0.39 is 19.7 Å². The SMILES string of the molecule is CCCCOC(=O)c1ccccc1OP1(=O)CO[C@@H](Cn2cnc3c(N)nc(N)nc32)CO1. The van der Waals surface area contributed by atoms with Crippen molar-refractivity contribution in [1.82, 2.24) is 19.5 Å². The zero-order valence-electron chi connectivity index (χ0n) is 18.0. The van der Waals surface area contributed by atoms with Crippen LogP contribution in [-0.2, 0) is 25.1 Å². The van der Waals surface area contributed by atoms with E-state index in [4.69, 9.17) is 30.0 Å². The molecule has 4 rings (SSSR count). The first kappa shape index (κ1) is 23.0. The molecule has 0 radical (unpaired) electrons. The number of hydrogen-bond donors (Lipinski definition) is 2. The molecule has 0 spiro atoms. The average molecular weight is 476 g/mol. The number of unbranched alkanes of at least 4 members (excludes halogenated alkanes) is 1. The maximum absolute atomic E-state index is 13.1. The lowest BCUT2D eigenvalue weighted by atomic mass is 10.2. The number of esters is 1. The van der Waals surface area contributed by atoms with Gasteiger partial charge in [0.05, 0.1) is 26.1 Å². The number of nitrogens with two attached hydrogens (primary N) is 2. The Bertz CT molecular complexity index is 1190. The molecule has 0 saturated carbocycles. The van der Waals surface area contributed by atoms with Gasteiger partial charge in [0.2, 0.25) is 5.95 Å². The minimum atomic E-state index is -3.65. The number of aromatic nitrogens is 4.